The molecule has 0 aromatic carbocycles. The third-order valence-electron chi connectivity index (χ3n) is 3.01. The fourth-order valence-corrected chi connectivity index (χ4v) is 2.11. The lowest BCUT2D eigenvalue weighted by Gasteiger charge is -2.19. The summed E-state index contributed by atoms with van der Waals surface area (Å²) in [6, 6.07) is 0. The van der Waals surface area contributed by atoms with Gasteiger partial charge in [0.1, 0.15) is 5.82 Å². The molecule has 7 nitrogen and oxygen atoms in total. The number of nitrogens with zero attached hydrogens (tertiary/aromatic N) is 2. The fourth-order valence-electron chi connectivity index (χ4n) is 2.11. The zero-order valence-electron chi connectivity index (χ0n) is 9.19. The number of aromatic nitrogens is 4. The van der Waals surface area contributed by atoms with Crippen LogP contribution in [0.5, 0.6) is 0 Å². The zero-order chi connectivity index (χ0) is 11.8. The van der Waals surface area contributed by atoms with Gasteiger partial charge in [-0.15, -0.1) is 0 Å². The van der Waals surface area contributed by atoms with E-state index < -0.39 is 0 Å². The van der Waals surface area contributed by atoms with E-state index in [2.05, 4.69) is 19.9 Å². The molecule has 2 aromatic heterocycles. The van der Waals surface area contributed by atoms with Crippen molar-refractivity contribution in [2.45, 2.75) is 18.8 Å². The summed E-state index contributed by atoms with van der Waals surface area (Å²) < 4.78 is 5.29. The number of rotatable bonds is 1. The predicted octanol–water partition coefficient (Wildman–Crippen LogP) is 0.122. The summed E-state index contributed by atoms with van der Waals surface area (Å²) in [6.45, 7) is 1.46. The normalized spacial score (nSPS) is 17.6. The molecule has 3 rings (SSSR count). The van der Waals surface area contributed by atoms with Gasteiger partial charge in [0.25, 0.3) is 5.56 Å². The van der Waals surface area contributed by atoms with E-state index in [9.17, 15) is 4.79 Å². The SMILES string of the molecule is Nc1nc2nc(C3CCOCC3)[nH]c2c(=O)[nH]1. The number of nitrogens with two attached hydrogens (primary N) is 1. The molecule has 0 spiro atoms. The molecular formula is C10H13N5O2. The van der Waals surface area contributed by atoms with Gasteiger partial charge in [0.15, 0.2) is 11.2 Å². The Morgan fingerprint density at radius 2 is 2.00 bits per heavy atom. The first-order valence-electron chi connectivity index (χ1n) is 5.57. The van der Waals surface area contributed by atoms with Crippen LogP contribution in [0, 0.1) is 0 Å². The highest BCUT2D eigenvalue weighted by Crippen LogP contribution is 2.25. The van der Waals surface area contributed by atoms with E-state index in [1.807, 2.05) is 0 Å². The molecule has 0 atom stereocenters. The average Bonchev–Trinajstić information content (AvgIpc) is 2.74. The number of hydrogen-bond acceptors (Lipinski definition) is 5. The third-order valence-corrected chi connectivity index (χ3v) is 3.01. The lowest BCUT2D eigenvalue weighted by Crippen LogP contribution is -2.15. The minimum Gasteiger partial charge on any atom is -0.381 e. The van der Waals surface area contributed by atoms with E-state index in [1.165, 1.54) is 0 Å². The lowest BCUT2D eigenvalue weighted by atomic mass is 10.00. The van der Waals surface area contributed by atoms with Gasteiger partial charge >= 0.3 is 0 Å². The van der Waals surface area contributed by atoms with Gasteiger partial charge in [-0.25, -0.2) is 4.98 Å². The van der Waals surface area contributed by atoms with E-state index >= 15 is 0 Å². The Balaban J connectivity index is 2.06. The van der Waals surface area contributed by atoms with Gasteiger partial charge in [-0.2, -0.15) is 4.98 Å². The van der Waals surface area contributed by atoms with Gasteiger partial charge in [-0.05, 0) is 12.8 Å². The third kappa shape index (κ3) is 1.78. The molecule has 2 aromatic rings. The summed E-state index contributed by atoms with van der Waals surface area (Å²) in [5, 5.41) is 0. The van der Waals surface area contributed by atoms with Crippen molar-refractivity contribution in [3.05, 3.63) is 16.2 Å². The number of hydrogen-bond donors (Lipinski definition) is 3. The Morgan fingerprint density at radius 3 is 2.76 bits per heavy atom. The second-order valence-corrected chi connectivity index (χ2v) is 4.16. The van der Waals surface area contributed by atoms with Gasteiger partial charge < -0.3 is 15.5 Å². The average molecular weight is 235 g/mol. The van der Waals surface area contributed by atoms with Crippen molar-refractivity contribution in [3.63, 3.8) is 0 Å². The Hall–Kier alpha value is -1.89. The highest BCUT2D eigenvalue weighted by atomic mass is 16.5. The van der Waals surface area contributed by atoms with Crippen LogP contribution >= 0.6 is 0 Å². The smallest absolute Gasteiger partial charge is 0.278 e. The quantitative estimate of drug-likeness (QED) is 0.650. The van der Waals surface area contributed by atoms with Crippen LogP contribution in [0.4, 0.5) is 5.95 Å². The Bertz CT molecular complexity index is 596. The van der Waals surface area contributed by atoms with Crippen LogP contribution in [0.25, 0.3) is 11.2 Å². The van der Waals surface area contributed by atoms with Crippen LogP contribution in [0.1, 0.15) is 24.6 Å². The van der Waals surface area contributed by atoms with Crippen molar-refractivity contribution >= 4 is 17.1 Å². The molecule has 0 radical (unpaired) electrons. The summed E-state index contributed by atoms with van der Waals surface area (Å²) in [5.74, 6) is 1.19. The number of anilines is 1. The molecule has 1 aliphatic rings. The number of nitrogens with one attached hydrogen (secondary N) is 2. The number of fused-ring (bicyclic) bond motifs is 1. The molecule has 1 fully saturated rings. The minimum atomic E-state index is -0.279. The van der Waals surface area contributed by atoms with E-state index in [4.69, 9.17) is 10.5 Å². The van der Waals surface area contributed by atoms with Crippen LogP contribution < -0.4 is 11.3 Å². The molecule has 0 bridgehead atoms. The molecule has 4 N–H and O–H groups in total. The molecule has 0 aliphatic carbocycles. The Morgan fingerprint density at radius 1 is 1.24 bits per heavy atom. The number of ether oxygens (including phenoxy) is 1. The van der Waals surface area contributed by atoms with Gasteiger partial charge in [-0.1, -0.05) is 0 Å². The standard InChI is InChI=1S/C10H13N5O2/c11-10-14-8-6(9(16)15-10)12-7(13-8)5-1-3-17-4-2-5/h5H,1-4H2,(H4,11,12,13,14,15,16). The van der Waals surface area contributed by atoms with E-state index in [0.29, 0.717) is 17.1 Å². The largest absolute Gasteiger partial charge is 0.381 e. The van der Waals surface area contributed by atoms with Gasteiger partial charge in [-0.3, -0.25) is 9.78 Å². The molecule has 7 heteroatoms. The van der Waals surface area contributed by atoms with Crippen LogP contribution in [-0.2, 0) is 4.74 Å². The maximum atomic E-state index is 11.6. The zero-order valence-corrected chi connectivity index (χ0v) is 9.19. The van der Waals surface area contributed by atoms with Crippen molar-refractivity contribution in [2.75, 3.05) is 18.9 Å². The summed E-state index contributed by atoms with van der Waals surface area (Å²) in [5.41, 5.74) is 5.96. The van der Waals surface area contributed by atoms with Gasteiger partial charge in [0, 0.05) is 19.1 Å². The van der Waals surface area contributed by atoms with Crippen molar-refractivity contribution < 1.29 is 4.74 Å². The van der Waals surface area contributed by atoms with Crippen molar-refractivity contribution in [2.24, 2.45) is 0 Å². The molecule has 1 aliphatic heterocycles. The first-order valence-corrected chi connectivity index (χ1v) is 5.57. The number of H-pyrrole nitrogens is 2. The summed E-state index contributed by atoms with van der Waals surface area (Å²) in [4.78, 5) is 25.4. The topological polar surface area (TPSA) is 110 Å². The number of aromatic amines is 2. The van der Waals surface area contributed by atoms with Crippen LogP contribution in [0.2, 0.25) is 0 Å². The van der Waals surface area contributed by atoms with E-state index in [-0.39, 0.29) is 11.5 Å². The molecule has 17 heavy (non-hydrogen) atoms. The predicted molar refractivity (Wildman–Crippen MR) is 61.7 cm³/mol. The fraction of sp³-hybridized carbons (Fsp3) is 0.500. The first kappa shape index (κ1) is 10.3. The van der Waals surface area contributed by atoms with E-state index in [0.717, 1.165) is 31.9 Å². The molecule has 3 heterocycles. The first-order chi connectivity index (χ1) is 8.24. The monoisotopic (exact) mass is 235 g/mol. The minimum absolute atomic E-state index is 0.0903. The Labute approximate surface area is 96.4 Å². The Kier molecular flexibility index (Phi) is 2.32. The van der Waals surface area contributed by atoms with Crippen LogP contribution in [-0.4, -0.2) is 33.1 Å². The maximum absolute atomic E-state index is 11.6. The maximum Gasteiger partial charge on any atom is 0.278 e. The second kappa shape index (κ2) is 3.85. The lowest BCUT2D eigenvalue weighted by molar-refractivity contribution is 0.0838. The van der Waals surface area contributed by atoms with Gasteiger partial charge in [0.05, 0.1) is 0 Å². The summed E-state index contributed by atoms with van der Waals surface area (Å²) in [7, 11) is 0. The highest BCUT2D eigenvalue weighted by Gasteiger charge is 2.20. The molecule has 0 unspecified atom stereocenters. The molecule has 90 valence electrons. The summed E-state index contributed by atoms with van der Waals surface area (Å²) in [6.07, 6.45) is 1.82. The van der Waals surface area contributed by atoms with Crippen molar-refractivity contribution in [3.8, 4) is 0 Å². The molecule has 1 saturated heterocycles. The molecule has 0 saturated carbocycles. The van der Waals surface area contributed by atoms with Crippen molar-refractivity contribution in [1.29, 1.82) is 0 Å². The van der Waals surface area contributed by atoms with Crippen LogP contribution in [0.15, 0.2) is 4.79 Å². The molecule has 0 amide bonds. The highest BCUT2D eigenvalue weighted by molar-refractivity contribution is 5.70. The number of imidazole rings is 1. The second-order valence-electron chi connectivity index (χ2n) is 4.16. The number of nitrogen functional groups attached to an aromatic ring is 1. The summed E-state index contributed by atoms with van der Waals surface area (Å²) >= 11 is 0. The van der Waals surface area contributed by atoms with E-state index in [1.54, 1.807) is 0 Å². The van der Waals surface area contributed by atoms with Gasteiger partial charge in [0.2, 0.25) is 5.95 Å². The molecular weight excluding hydrogens is 222 g/mol. The van der Waals surface area contributed by atoms with Crippen molar-refractivity contribution in [1.82, 2.24) is 19.9 Å². The van der Waals surface area contributed by atoms with Crippen LogP contribution in [0.3, 0.4) is 0 Å².